The molecule has 4 rings (SSSR count). The molecule has 1 saturated carbocycles. The van der Waals surface area contributed by atoms with Crippen LogP contribution in [0, 0.1) is 18.3 Å². The molecule has 1 aromatic rings. The van der Waals surface area contributed by atoms with E-state index >= 15 is 0 Å². The van der Waals surface area contributed by atoms with Gasteiger partial charge in [0.2, 0.25) is 0 Å². The Labute approximate surface area is 192 Å². The zero-order valence-corrected chi connectivity index (χ0v) is 19.8. The maximum absolute atomic E-state index is 13.3. The number of thioether (sulfide) groups is 1. The van der Waals surface area contributed by atoms with Crippen molar-refractivity contribution in [3.63, 3.8) is 0 Å². The minimum absolute atomic E-state index is 0.0403. The first-order valence-electron chi connectivity index (χ1n) is 11.2. The quantitative estimate of drug-likeness (QED) is 0.500. The monoisotopic (exact) mass is 456 g/mol. The van der Waals surface area contributed by atoms with Crippen molar-refractivity contribution in [3.8, 4) is 6.07 Å². The highest BCUT2D eigenvalue weighted by atomic mass is 32.2. The molecule has 2 saturated heterocycles. The number of anilines is 1. The van der Waals surface area contributed by atoms with E-state index in [1.165, 1.54) is 18.2 Å². The number of nitrogens with zero attached hydrogens (tertiary/aromatic N) is 4. The van der Waals surface area contributed by atoms with Crippen molar-refractivity contribution in [3.05, 3.63) is 31.9 Å². The lowest BCUT2D eigenvalue weighted by Crippen LogP contribution is -2.39. The van der Waals surface area contributed by atoms with Gasteiger partial charge in [-0.05, 0) is 51.2 Å². The highest BCUT2D eigenvalue weighted by Crippen LogP contribution is 2.39. The standard InChI is InChI=1S/C23H28N4O2S2/c1-3-26-20(25-11-7-8-12-25)17(15(2)18(14-24)21(26)28)13-19-22(29)27(23(30)31-19)16-9-5-4-6-10-16/h13,16H,3-12H2,1-2H3. The van der Waals surface area contributed by atoms with Crippen molar-refractivity contribution in [1.29, 1.82) is 5.26 Å². The summed E-state index contributed by atoms with van der Waals surface area (Å²) in [5.41, 5.74) is 1.33. The molecule has 8 heteroatoms. The van der Waals surface area contributed by atoms with Gasteiger partial charge in [-0.15, -0.1) is 0 Å². The second-order valence-corrected chi connectivity index (χ2v) is 10.1. The van der Waals surface area contributed by atoms with Gasteiger partial charge in [0.1, 0.15) is 21.8 Å². The summed E-state index contributed by atoms with van der Waals surface area (Å²) in [5.74, 6) is 0.783. The van der Waals surface area contributed by atoms with Gasteiger partial charge in [-0.3, -0.25) is 19.1 Å². The minimum atomic E-state index is -0.253. The van der Waals surface area contributed by atoms with Crippen LogP contribution in [0.5, 0.6) is 0 Å². The average molecular weight is 457 g/mol. The summed E-state index contributed by atoms with van der Waals surface area (Å²) in [6.07, 6.45) is 9.49. The van der Waals surface area contributed by atoms with Crippen LogP contribution in [0.3, 0.4) is 0 Å². The Morgan fingerprint density at radius 3 is 2.45 bits per heavy atom. The summed E-state index contributed by atoms with van der Waals surface area (Å²) < 4.78 is 2.30. The van der Waals surface area contributed by atoms with E-state index in [0.717, 1.165) is 63.0 Å². The Morgan fingerprint density at radius 1 is 1.16 bits per heavy atom. The van der Waals surface area contributed by atoms with Gasteiger partial charge in [-0.25, -0.2) is 0 Å². The van der Waals surface area contributed by atoms with E-state index in [9.17, 15) is 14.9 Å². The Morgan fingerprint density at radius 2 is 1.84 bits per heavy atom. The van der Waals surface area contributed by atoms with Gasteiger partial charge in [0, 0.05) is 31.2 Å². The molecule has 1 aliphatic carbocycles. The molecule has 164 valence electrons. The summed E-state index contributed by atoms with van der Waals surface area (Å²) in [6.45, 7) is 5.95. The zero-order valence-electron chi connectivity index (χ0n) is 18.1. The number of hydrogen-bond donors (Lipinski definition) is 0. The van der Waals surface area contributed by atoms with E-state index in [2.05, 4.69) is 11.0 Å². The molecule has 1 aromatic heterocycles. The van der Waals surface area contributed by atoms with E-state index in [4.69, 9.17) is 12.2 Å². The van der Waals surface area contributed by atoms with Crippen molar-refractivity contribution in [2.45, 2.75) is 71.4 Å². The molecular formula is C23H28N4O2S2. The van der Waals surface area contributed by atoms with E-state index in [1.807, 2.05) is 19.9 Å². The van der Waals surface area contributed by atoms with Crippen LogP contribution in [-0.2, 0) is 11.3 Å². The number of hydrogen-bond acceptors (Lipinski definition) is 6. The Balaban J connectivity index is 1.83. The van der Waals surface area contributed by atoms with E-state index in [1.54, 1.807) is 9.47 Å². The number of pyridine rings is 1. The molecule has 1 amide bonds. The lowest BCUT2D eigenvalue weighted by Gasteiger charge is -2.30. The van der Waals surface area contributed by atoms with Gasteiger partial charge < -0.3 is 4.90 Å². The highest BCUT2D eigenvalue weighted by molar-refractivity contribution is 8.26. The molecule has 3 heterocycles. The van der Waals surface area contributed by atoms with Crippen LogP contribution < -0.4 is 10.5 Å². The largest absolute Gasteiger partial charge is 0.357 e. The summed E-state index contributed by atoms with van der Waals surface area (Å²) in [5, 5.41) is 9.67. The van der Waals surface area contributed by atoms with Crippen molar-refractivity contribution in [2.75, 3.05) is 18.0 Å². The molecule has 3 fully saturated rings. The Kier molecular flexibility index (Phi) is 6.54. The fraction of sp³-hybridized carbons (Fsp3) is 0.565. The summed E-state index contributed by atoms with van der Waals surface area (Å²) in [4.78, 5) is 30.9. The van der Waals surface area contributed by atoms with Crippen molar-refractivity contribution >= 4 is 46.1 Å². The molecule has 6 nitrogen and oxygen atoms in total. The van der Waals surface area contributed by atoms with Gasteiger partial charge in [-0.2, -0.15) is 5.26 Å². The summed E-state index contributed by atoms with van der Waals surface area (Å²) >= 11 is 6.93. The first kappa shape index (κ1) is 22.1. The number of aromatic nitrogens is 1. The number of nitriles is 1. The maximum Gasteiger partial charge on any atom is 0.270 e. The number of amides is 1. The van der Waals surface area contributed by atoms with Gasteiger partial charge >= 0.3 is 0 Å². The van der Waals surface area contributed by atoms with Gasteiger partial charge in [0.15, 0.2) is 0 Å². The molecule has 2 aliphatic heterocycles. The number of carbonyl (C=O) groups excluding carboxylic acids is 1. The van der Waals surface area contributed by atoms with Crippen LogP contribution in [-0.4, -0.2) is 38.8 Å². The molecule has 0 N–H and O–H groups in total. The first-order valence-corrected chi connectivity index (χ1v) is 12.4. The minimum Gasteiger partial charge on any atom is -0.357 e. The van der Waals surface area contributed by atoms with Crippen molar-refractivity contribution in [1.82, 2.24) is 9.47 Å². The highest BCUT2D eigenvalue weighted by Gasteiger charge is 2.38. The molecule has 0 bridgehead atoms. The molecule has 0 atom stereocenters. The van der Waals surface area contributed by atoms with Gasteiger partial charge in [-0.1, -0.05) is 43.2 Å². The van der Waals surface area contributed by atoms with Gasteiger partial charge in [0.25, 0.3) is 11.5 Å². The zero-order chi connectivity index (χ0) is 22.1. The second kappa shape index (κ2) is 9.17. The Hall–Kier alpha value is -2.11. The predicted octanol–water partition coefficient (Wildman–Crippen LogP) is 4.18. The summed E-state index contributed by atoms with van der Waals surface area (Å²) in [6, 6.07) is 2.28. The van der Waals surface area contributed by atoms with E-state index < -0.39 is 0 Å². The normalized spacial score (nSPS) is 21.4. The smallest absolute Gasteiger partial charge is 0.270 e. The summed E-state index contributed by atoms with van der Waals surface area (Å²) in [7, 11) is 0. The molecule has 0 aromatic carbocycles. The third-order valence-corrected chi connectivity index (χ3v) is 7.94. The van der Waals surface area contributed by atoms with Crippen LogP contribution in [0.25, 0.3) is 6.08 Å². The molecule has 0 unspecified atom stereocenters. The molecule has 3 aliphatic rings. The Bertz CT molecular complexity index is 1040. The van der Waals surface area contributed by atoms with Crippen LogP contribution in [0.1, 0.15) is 68.6 Å². The first-order chi connectivity index (χ1) is 15.0. The predicted molar refractivity (Wildman–Crippen MR) is 129 cm³/mol. The number of rotatable bonds is 4. The fourth-order valence-electron chi connectivity index (χ4n) is 4.97. The second-order valence-electron chi connectivity index (χ2n) is 8.44. The van der Waals surface area contributed by atoms with E-state index in [-0.39, 0.29) is 23.1 Å². The average Bonchev–Trinajstić information content (AvgIpc) is 3.39. The maximum atomic E-state index is 13.3. The van der Waals surface area contributed by atoms with Crippen molar-refractivity contribution in [2.24, 2.45) is 0 Å². The van der Waals surface area contributed by atoms with Gasteiger partial charge in [0.05, 0.1) is 4.91 Å². The molecule has 31 heavy (non-hydrogen) atoms. The van der Waals surface area contributed by atoms with E-state index in [0.29, 0.717) is 21.3 Å². The molecule has 0 radical (unpaired) electrons. The molecule has 0 spiro atoms. The third-order valence-electron chi connectivity index (χ3n) is 6.61. The third kappa shape index (κ3) is 3.94. The number of thiocarbonyl (C=S) groups is 1. The van der Waals surface area contributed by atoms with Crippen LogP contribution >= 0.6 is 24.0 Å². The van der Waals surface area contributed by atoms with Crippen LogP contribution in [0.2, 0.25) is 0 Å². The fourth-order valence-corrected chi connectivity index (χ4v) is 6.35. The SMILES string of the molecule is CCn1c(N2CCCC2)c(C=C2SC(=S)N(C3CCCCC3)C2=O)c(C)c(C#N)c1=O. The molecular weight excluding hydrogens is 428 g/mol. The lowest BCUT2D eigenvalue weighted by molar-refractivity contribution is -0.124. The number of carbonyl (C=O) groups is 1. The lowest BCUT2D eigenvalue weighted by atomic mass is 9.94. The van der Waals surface area contributed by atoms with Crippen LogP contribution in [0.4, 0.5) is 5.82 Å². The topological polar surface area (TPSA) is 69.3 Å². The van der Waals surface area contributed by atoms with Crippen molar-refractivity contribution < 1.29 is 4.79 Å². The van der Waals surface area contributed by atoms with Crippen LogP contribution in [0.15, 0.2) is 9.70 Å².